The van der Waals surface area contributed by atoms with Crippen LogP contribution in [-0.4, -0.2) is 73.1 Å². The third kappa shape index (κ3) is 9.34. The SMILES string of the molecule is CC(C)C(NC(=O)C(Cc1cnc[nH]1)NC(=O)C(Cc1ccc(O)cc1)NC(=O)C(N)Cc1ccc(O)cc1)C(=O)O. The summed E-state index contributed by atoms with van der Waals surface area (Å²) < 4.78 is 0. The maximum absolute atomic E-state index is 13.6. The Kier molecular flexibility index (Phi) is 11.0. The summed E-state index contributed by atoms with van der Waals surface area (Å²) in [6, 6.07) is 7.66. The summed E-state index contributed by atoms with van der Waals surface area (Å²) >= 11 is 0. The minimum Gasteiger partial charge on any atom is -0.508 e. The summed E-state index contributed by atoms with van der Waals surface area (Å²) in [6.45, 7) is 3.29. The Morgan fingerprint density at radius 2 is 1.29 bits per heavy atom. The second-order valence-electron chi connectivity index (χ2n) is 10.3. The average molecular weight is 581 g/mol. The van der Waals surface area contributed by atoms with Gasteiger partial charge in [0.1, 0.15) is 29.6 Å². The van der Waals surface area contributed by atoms with Gasteiger partial charge in [0.2, 0.25) is 17.7 Å². The Labute approximate surface area is 242 Å². The molecule has 4 unspecified atom stereocenters. The molecular weight excluding hydrogens is 544 g/mol. The van der Waals surface area contributed by atoms with E-state index in [1.165, 1.54) is 36.8 Å². The van der Waals surface area contributed by atoms with Crippen molar-refractivity contribution in [2.24, 2.45) is 11.7 Å². The van der Waals surface area contributed by atoms with E-state index in [0.29, 0.717) is 16.8 Å². The number of aromatic hydroxyl groups is 2. The molecule has 0 saturated heterocycles. The minimum atomic E-state index is -1.22. The number of carbonyl (C=O) groups excluding carboxylic acids is 3. The first-order valence-electron chi connectivity index (χ1n) is 13.4. The van der Waals surface area contributed by atoms with E-state index in [4.69, 9.17) is 5.73 Å². The molecule has 13 nitrogen and oxygen atoms in total. The summed E-state index contributed by atoms with van der Waals surface area (Å²) in [5.41, 5.74) is 7.96. The van der Waals surface area contributed by atoms with Gasteiger partial charge >= 0.3 is 5.97 Å². The third-order valence-corrected chi connectivity index (χ3v) is 6.58. The zero-order valence-corrected chi connectivity index (χ0v) is 23.3. The van der Waals surface area contributed by atoms with Gasteiger partial charge in [0.25, 0.3) is 0 Å². The van der Waals surface area contributed by atoms with Crippen LogP contribution in [0.1, 0.15) is 30.7 Å². The van der Waals surface area contributed by atoms with Crippen molar-refractivity contribution < 1.29 is 34.5 Å². The summed E-state index contributed by atoms with van der Waals surface area (Å²) in [5.74, 6) is -3.60. The number of hydrogen-bond donors (Lipinski definition) is 8. The Balaban J connectivity index is 1.81. The number of carboxylic acids is 1. The summed E-state index contributed by atoms with van der Waals surface area (Å²) in [5, 5.41) is 36.5. The van der Waals surface area contributed by atoms with E-state index in [1.807, 2.05) is 0 Å². The maximum Gasteiger partial charge on any atom is 0.326 e. The normalized spacial score (nSPS) is 13.9. The molecule has 3 aromatic rings. The second kappa shape index (κ2) is 14.6. The smallest absolute Gasteiger partial charge is 0.326 e. The highest BCUT2D eigenvalue weighted by Crippen LogP contribution is 2.14. The van der Waals surface area contributed by atoms with Gasteiger partial charge in [0.15, 0.2) is 0 Å². The molecule has 224 valence electrons. The topological polar surface area (TPSA) is 220 Å². The Bertz CT molecular complexity index is 1340. The Hall–Kier alpha value is -4.91. The number of nitrogens with zero attached hydrogens (tertiary/aromatic N) is 1. The van der Waals surface area contributed by atoms with Gasteiger partial charge in [0.05, 0.1) is 12.4 Å². The second-order valence-corrected chi connectivity index (χ2v) is 10.3. The van der Waals surface area contributed by atoms with Gasteiger partial charge in [-0.3, -0.25) is 14.4 Å². The van der Waals surface area contributed by atoms with E-state index in [0.717, 1.165) is 0 Å². The fourth-order valence-corrected chi connectivity index (χ4v) is 4.20. The van der Waals surface area contributed by atoms with Crippen LogP contribution in [0, 0.1) is 5.92 Å². The third-order valence-electron chi connectivity index (χ3n) is 6.58. The van der Waals surface area contributed by atoms with Crippen LogP contribution in [0.3, 0.4) is 0 Å². The summed E-state index contributed by atoms with van der Waals surface area (Å²) in [6.07, 6.45) is 3.00. The molecule has 0 fully saturated rings. The van der Waals surface area contributed by atoms with Gasteiger partial charge in [-0.05, 0) is 47.7 Å². The van der Waals surface area contributed by atoms with Crippen molar-refractivity contribution in [1.82, 2.24) is 25.9 Å². The van der Waals surface area contributed by atoms with Crippen molar-refractivity contribution in [3.63, 3.8) is 0 Å². The molecule has 1 heterocycles. The quantitative estimate of drug-likeness (QED) is 0.132. The molecule has 3 amide bonds. The first-order valence-corrected chi connectivity index (χ1v) is 13.4. The number of benzene rings is 2. The number of nitrogens with two attached hydrogens (primary N) is 1. The number of aliphatic carboxylic acids is 1. The van der Waals surface area contributed by atoms with Crippen LogP contribution in [0.25, 0.3) is 0 Å². The standard InChI is InChI=1S/C29H36N6O7/c1-16(2)25(29(41)42)35-28(40)24(13-19-14-31-15-32-19)34-27(39)23(12-18-5-9-21(37)10-6-18)33-26(38)22(30)11-17-3-7-20(36)8-4-17/h3-10,14-16,22-25,36-37H,11-13,30H2,1-2H3,(H,31,32)(H,33,38)(H,34,39)(H,35,40)(H,41,42). The van der Waals surface area contributed by atoms with Crippen LogP contribution >= 0.6 is 0 Å². The van der Waals surface area contributed by atoms with Crippen molar-refractivity contribution >= 4 is 23.7 Å². The van der Waals surface area contributed by atoms with Crippen LogP contribution in [0.5, 0.6) is 11.5 Å². The van der Waals surface area contributed by atoms with Crippen LogP contribution in [-0.2, 0) is 38.4 Å². The number of aromatic amines is 1. The molecule has 0 aliphatic carbocycles. The van der Waals surface area contributed by atoms with E-state index in [1.54, 1.807) is 38.1 Å². The first kappa shape index (κ1) is 31.6. The Morgan fingerprint density at radius 1 is 0.786 bits per heavy atom. The average Bonchev–Trinajstić information content (AvgIpc) is 3.46. The van der Waals surface area contributed by atoms with Crippen LogP contribution in [0.4, 0.5) is 0 Å². The van der Waals surface area contributed by atoms with Gasteiger partial charge < -0.3 is 42.0 Å². The predicted octanol–water partition coefficient (Wildman–Crippen LogP) is 0.371. The fraction of sp³-hybridized carbons (Fsp3) is 0.345. The summed E-state index contributed by atoms with van der Waals surface area (Å²) in [7, 11) is 0. The van der Waals surface area contributed by atoms with Gasteiger partial charge in [-0.2, -0.15) is 0 Å². The van der Waals surface area contributed by atoms with Crippen molar-refractivity contribution in [3.8, 4) is 11.5 Å². The van der Waals surface area contributed by atoms with Crippen LogP contribution < -0.4 is 21.7 Å². The monoisotopic (exact) mass is 580 g/mol. The highest BCUT2D eigenvalue weighted by Gasteiger charge is 2.32. The number of hydrogen-bond acceptors (Lipinski definition) is 8. The number of H-pyrrole nitrogens is 1. The number of carboxylic acid groups (broad SMARTS) is 1. The highest BCUT2D eigenvalue weighted by atomic mass is 16.4. The lowest BCUT2D eigenvalue weighted by molar-refractivity contribution is -0.143. The van der Waals surface area contributed by atoms with Crippen molar-refractivity contribution in [1.29, 1.82) is 0 Å². The molecule has 3 rings (SSSR count). The van der Waals surface area contributed by atoms with E-state index in [9.17, 15) is 34.5 Å². The molecule has 42 heavy (non-hydrogen) atoms. The molecule has 0 aliphatic rings. The lowest BCUT2D eigenvalue weighted by Gasteiger charge is -2.26. The lowest BCUT2D eigenvalue weighted by Crippen LogP contribution is -2.58. The molecule has 2 aromatic carbocycles. The number of rotatable bonds is 14. The zero-order chi connectivity index (χ0) is 30.8. The molecule has 0 saturated carbocycles. The molecule has 13 heteroatoms. The van der Waals surface area contributed by atoms with E-state index in [-0.39, 0.29) is 30.8 Å². The number of carbonyl (C=O) groups is 4. The van der Waals surface area contributed by atoms with Crippen molar-refractivity contribution in [2.75, 3.05) is 0 Å². The number of phenolic OH excluding ortho intramolecular Hbond substituents is 2. The highest BCUT2D eigenvalue weighted by molar-refractivity contribution is 5.94. The van der Waals surface area contributed by atoms with Gasteiger partial charge in [0, 0.05) is 24.7 Å². The van der Waals surface area contributed by atoms with E-state index >= 15 is 0 Å². The number of imidazole rings is 1. The van der Waals surface area contributed by atoms with E-state index < -0.39 is 53.8 Å². The molecule has 0 spiro atoms. The maximum atomic E-state index is 13.6. The number of phenols is 2. The molecule has 0 bridgehead atoms. The zero-order valence-electron chi connectivity index (χ0n) is 23.3. The van der Waals surface area contributed by atoms with Gasteiger partial charge in [-0.15, -0.1) is 0 Å². The summed E-state index contributed by atoms with van der Waals surface area (Å²) in [4.78, 5) is 58.4. The molecule has 4 atom stereocenters. The number of nitrogens with one attached hydrogen (secondary N) is 4. The van der Waals surface area contributed by atoms with Crippen LogP contribution in [0.15, 0.2) is 61.1 Å². The predicted molar refractivity (Wildman–Crippen MR) is 152 cm³/mol. The van der Waals surface area contributed by atoms with Crippen molar-refractivity contribution in [2.45, 2.75) is 57.3 Å². The van der Waals surface area contributed by atoms with Crippen molar-refractivity contribution in [3.05, 3.63) is 77.9 Å². The van der Waals surface area contributed by atoms with Crippen LogP contribution in [0.2, 0.25) is 0 Å². The first-order chi connectivity index (χ1) is 19.9. The lowest BCUT2D eigenvalue weighted by atomic mass is 10.0. The molecular formula is C29H36N6O7. The molecule has 0 aliphatic heterocycles. The largest absolute Gasteiger partial charge is 0.508 e. The molecule has 1 aromatic heterocycles. The molecule has 9 N–H and O–H groups in total. The fourth-order valence-electron chi connectivity index (χ4n) is 4.20. The number of aromatic nitrogens is 2. The van der Waals surface area contributed by atoms with Gasteiger partial charge in [-0.1, -0.05) is 38.1 Å². The Morgan fingerprint density at radius 3 is 1.79 bits per heavy atom. The van der Waals surface area contributed by atoms with Gasteiger partial charge in [-0.25, -0.2) is 9.78 Å². The molecule has 0 radical (unpaired) electrons. The van der Waals surface area contributed by atoms with E-state index in [2.05, 4.69) is 25.9 Å². The number of amides is 3. The minimum absolute atomic E-state index is 0.00588.